The molecule has 12 nitrogen and oxygen atoms in total. The van der Waals surface area contributed by atoms with Gasteiger partial charge in [-0.2, -0.15) is 0 Å². The lowest BCUT2D eigenvalue weighted by atomic mass is 10.1. The first kappa shape index (κ1) is 30.4. The summed E-state index contributed by atoms with van der Waals surface area (Å²) in [5.41, 5.74) is 0. The molecule has 2 N–H and O–H groups in total. The van der Waals surface area contributed by atoms with Crippen molar-refractivity contribution in [3.8, 4) is 0 Å². The van der Waals surface area contributed by atoms with Crippen molar-refractivity contribution in [2.45, 2.75) is 57.8 Å². The molecular formula is C21H32O12. The molecule has 0 aliphatic rings. The van der Waals surface area contributed by atoms with Gasteiger partial charge in [0.2, 0.25) is 0 Å². The summed E-state index contributed by atoms with van der Waals surface area (Å²) >= 11 is 0. The molecule has 0 radical (unpaired) electrons. The number of hydrogen-bond donors (Lipinski definition) is 2. The van der Waals surface area contributed by atoms with Crippen LogP contribution in [0.15, 0.2) is 38.0 Å². The largest absolute Gasteiger partial charge is 0.478 e. The molecule has 0 heterocycles. The van der Waals surface area contributed by atoms with Crippen LogP contribution in [0.25, 0.3) is 0 Å². The van der Waals surface area contributed by atoms with Gasteiger partial charge in [0.1, 0.15) is 0 Å². The predicted molar refractivity (Wildman–Crippen MR) is 111 cm³/mol. The molecule has 0 rings (SSSR count). The van der Waals surface area contributed by atoms with Crippen molar-refractivity contribution in [2.24, 2.45) is 0 Å². The molecule has 0 saturated carbocycles. The normalized spacial score (nSPS) is 13.4. The maximum absolute atomic E-state index is 12.2. The number of esters is 2. The topological polar surface area (TPSA) is 156 Å². The fourth-order valence-electron chi connectivity index (χ4n) is 2.07. The van der Waals surface area contributed by atoms with Crippen LogP contribution in [0.4, 0.5) is 0 Å². The lowest BCUT2D eigenvalue weighted by molar-refractivity contribution is -0.601. The fourth-order valence-corrected chi connectivity index (χ4v) is 2.07. The Labute approximate surface area is 192 Å². The molecule has 0 spiro atoms. The van der Waals surface area contributed by atoms with Crippen LogP contribution in [0.3, 0.4) is 0 Å². The molecule has 0 amide bonds. The summed E-state index contributed by atoms with van der Waals surface area (Å²) < 4.78 is 25.8. The number of carbonyl (C=O) groups excluding carboxylic acids is 3. The average molecular weight is 476 g/mol. The molecule has 0 saturated heterocycles. The number of aliphatic hydroxyl groups is 2. The minimum Gasteiger partial charge on any atom is -0.388 e. The van der Waals surface area contributed by atoms with Gasteiger partial charge in [-0.1, -0.05) is 45.4 Å². The summed E-state index contributed by atoms with van der Waals surface area (Å²) in [6, 6.07) is 0. The number of hydrogen-bond acceptors (Lipinski definition) is 12. The summed E-state index contributed by atoms with van der Waals surface area (Å²) in [6.45, 7) is 13.8. The van der Waals surface area contributed by atoms with E-state index in [1.54, 1.807) is 20.8 Å². The van der Waals surface area contributed by atoms with E-state index >= 15 is 0 Å². The number of carbonyl (C=O) groups is 3. The molecule has 12 heteroatoms. The van der Waals surface area contributed by atoms with Crippen molar-refractivity contribution in [1.82, 2.24) is 0 Å². The highest BCUT2D eigenvalue weighted by molar-refractivity contribution is 5.83. The Kier molecular flexibility index (Phi) is 13.4. The Bertz CT molecular complexity index is 659. The average Bonchev–Trinajstić information content (AvgIpc) is 2.82. The Morgan fingerprint density at radius 2 is 1.12 bits per heavy atom. The second-order valence-corrected chi connectivity index (χ2v) is 6.27. The van der Waals surface area contributed by atoms with E-state index in [2.05, 4.69) is 24.6 Å². The minimum absolute atomic E-state index is 0.217. The maximum Gasteiger partial charge on any atom is 0.478 e. The zero-order valence-corrected chi connectivity index (χ0v) is 19.1. The predicted octanol–water partition coefficient (Wildman–Crippen LogP) is 1.37. The first-order valence-corrected chi connectivity index (χ1v) is 10.1. The van der Waals surface area contributed by atoms with Gasteiger partial charge in [-0.15, -0.1) is 0 Å². The lowest BCUT2D eigenvalue weighted by Crippen LogP contribution is -2.74. The zero-order chi connectivity index (χ0) is 25.5. The summed E-state index contributed by atoms with van der Waals surface area (Å²) in [5.74, 6) is -14.2. The van der Waals surface area contributed by atoms with Crippen LogP contribution in [0.2, 0.25) is 0 Å². The van der Waals surface area contributed by atoms with Crippen LogP contribution >= 0.6 is 0 Å². The molecule has 33 heavy (non-hydrogen) atoms. The van der Waals surface area contributed by atoms with Gasteiger partial charge in [-0.25, -0.2) is 14.4 Å². The minimum atomic E-state index is -3.53. The van der Waals surface area contributed by atoms with Crippen LogP contribution in [-0.2, 0) is 47.8 Å². The van der Waals surface area contributed by atoms with E-state index in [1.807, 2.05) is 0 Å². The fraction of sp³-hybridized carbons (Fsp3) is 0.571. The van der Waals surface area contributed by atoms with Crippen molar-refractivity contribution in [3.63, 3.8) is 0 Å². The van der Waals surface area contributed by atoms with E-state index in [1.165, 1.54) is 0 Å². The maximum atomic E-state index is 12.2. The molecule has 1 unspecified atom stereocenters. The second-order valence-electron chi connectivity index (χ2n) is 6.27. The summed E-state index contributed by atoms with van der Waals surface area (Å²) in [5, 5.41) is 22.9. The highest BCUT2D eigenvalue weighted by Gasteiger charge is 2.76. The molecule has 0 aliphatic heterocycles. The SMILES string of the molecule is C=CC(=O)OOC(OC(=O)C=C)(OC(=O)C=C)C(O)(OCCC)C(O)(OCCC)OCCC. The van der Waals surface area contributed by atoms with Crippen LogP contribution < -0.4 is 0 Å². The van der Waals surface area contributed by atoms with Crippen LogP contribution in [0.5, 0.6) is 0 Å². The third-order valence-corrected chi connectivity index (χ3v) is 3.57. The Morgan fingerprint density at radius 3 is 1.48 bits per heavy atom. The van der Waals surface area contributed by atoms with Crippen LogP contribution in [-0.4, -0.2) is 65.7 Å². The standard InChI is InChI=1S/C21H32O12/c1-7-13-27-19(25,20(26,28-14-8-2)29-15-9-3)21(30-16(22)10-4,31-17(23)11-5)33-32-18(24)12-6/h10-12,25-26H,4-9,13-15H2,1-3H3. The van der Waals surface area contributed by atoms with E-state index in [-0.39, 0.29) is 26.2 Å². The van der Waals surface area contributed by atoms with Gasteiger partial charge in [0.25, 0.3) is 0 Å². The van der Waals surface area contributed by atoms with Crippen molar-refractivity contribution in [3.05, 3.63) is 38.0 Å². The van der Waals surface area contributed by atoms with Gasteiger partial charge in [-0.3, -0.25) is 4.89 Å². The first-order chi connectivity index (χ1) is 15.5. The summed E-state index contributed by atoms with van der Waals surface area (Å²) in [4.78, 5) is 45.2. The van der Waals surface area contributed by atoms with E-state index < -0.39 is 35.6 Å². The lowest BCUT2D eigenvalue weighted by Gasteiger charge is -2.47. The van der Waals surface area contributed by atoms with E-state index in [0.29, 0.717) is 31.1 Å². The highest BCUT2D eigenvalue weighted by Crippen LogP contribution is 2.42. The van der Waals surface area contributed by atoms with Crippen LogP contribution in [0.1, 0.15) is 40.0 Å². The Balaban J connectivity index is 7.06. The molecule has 0 fully saturated rings. The summed E-state index contributed by atoms with van der Waals surface area (Å²) in [6.07, 6.45) is 2.73. The van der Waals surface area contributed by atoms with Gasteiger partial charge in [0.05, 0.1) is 19.8 Å². The molecule has 0 aromatic rings. The van der Waals surface area contributed by atoms with E-state index in [9.17, 15) is 24.6 Å². The van der Waals surface area contributed by atoms with Crippen molar-refractivity contribution in [2.75, 3.05) is 19.8 Å². The van der Waals surface area contributed by atoms with Gasteiger partial charge in [-0.05, 0) is 19.3 Å². The van der Waals surface area contributed by atoms with Crippen LogP contribution in [0, 0.1) is 0 Å². The van der Waals surface area contributed by atoms with E-state index in [4.69, 9.17) is 28.6 Å². The molecule has 188 valence electrons. The van der Waals surface area contributed by atoms with Gasteiger partial charge in [0.15, 0.2) is 0 Å². The van der Waals surface area contributed by atoms with Gasteiger partial charge < -0.3 is 33.9 Å². The third kappa shape index (κ3) is 8.03. The monoisotopic (exact) mass is 476 g/mol. The zero-order valence-electron chi connectivity index (χ0n) is 19.1. The molecule has 0 aromatic carbocycles. The van der Waals surface area contributed by atoms with Gasteiger partial charge >= 0.3 is 35.6 Å². The van der Waals surface area contributed by atoms with E-state index in [0.717, 1.165) is 0 Å². The van der Waals surface area contributed by atoms with Crippen molar-refractivity contribution < 1.29 is 58.1 Å². The smallest absolute Gasteiger partial charge is 0.388 e. The Morgan fingerprint density at radius 1 is 0.727 bits per heavy atom. The molecule has 0 aliphatic carbocycles. The highest BCUT2D eigenvalue weighted by atomic mass is 17.3. The quantitative estimate of drug-likeness (QED) is 0.0964. The molecular weight excluding hydrogens is 444 g/mol. The molecule has 0 aromatic heterocycles. The number of rotatable bonds is 18. The van der Waals surface area contributed by atoms with Crippen molar-refractivity contribution >= 4 is 17.9 Å². The first-order valence-electron chi connectivity index (χ1n) is 10.1. The third-order valence-electron chi connectivity index (χ3n) is 3.57. The van der Waals surface area contributed by atoms with Crippen molar-refractivity contribution in [1.29, 1.82) is 0 Å². The molecule has 0 bridgehead atoms. The Hall–Kier alpha value is -2.61. The second kappa shape index (κ2) is 14.5. The number of ether oxygens (including phenoxy) is 5. The summed E-state index contributed by atoms with van der Waals surface area (Å²) in [7, 11) is 0. The molecule has 1 atom stereocenters. The van der Waals surface area contributed by atoms with Gasteiger partial charge in [0, 0.05) is 18.2 Å².